The normalized spacial score (nSPS) is 13.2. The zero-order valence-corrected chi connectivity index (χ0v) is 9.72. The van der Waals surface area contributed by atoms with Crippen molar-refractivity contribution >= 4 is 10.9 Å². The van der Waals surface area contributed by atoms with E-state index in [4.69, 9.17) is 5.73 Å². The second-order valence-electron chi connectivity index (χ2n) is 4.14. The Morgan fingerprint density at radius 2 is 2.00 bits per heavy atom. The first kappa shape index (κ1) is 11.0. The molecule has 2 N–H and O–H groups in total. The molecule has 0 aliphatic carbocycles. The van der Waals surface area contributed by atoms with Crippen molar-refractivity contribution in [1.29, 1.82) is 0 Å². The number of nitrogens with two attached hydrogens (primary N) is 1. The van der Waals surface area contributed by atoms with Gasteiger partial charge in [0.05, 0.1) is 5.52 Å². The number of pyridine rings is 1. The fraction of sp³-hybridized carbons (Fsp3) is 0.308. The van der Waals surface area contributed by atoms with Crippen molar-refractivity contribution in [2.75, 3.05) is 20.6 Å². The van der Waals surface area contributed by atoms with Gasteiger partial charge in [-0.2, -0.15) is 0 Å². The van der Waals surface area contributed by atoms with E-state index in [0.29, 0.717) is 6.54 Å². The molecule has 16 heavy (non-hydrogen) atoms. The second kappa shape index (κ2) is 4.60. The monoisotopic (exact) mass is 215 g/mol. The molecule has 84 valence electrons. The van der Waals surface area contributed by atoms with E-state index in [1.165, 1.54) is 10.9 Å². The number of hydrogen-bond donors (Lipinski definition) is 1. The highest BCUT2D eigenvalue weighted by atomic mass is 15.1. The number of para-hydroxylation sites is 1. The molecule has 0 fully saturated rings. The van der Waals surface area contributed by atoms with E-state index in [1.807, 2.05) is 26.4 Å². The summed E-state index contributed by atoms with van der Waals surface area (Å²) < 4.78 is 0. The van der Waals surface area contributed by atoms with E-state index in [9.17, 15) is 0 Å². The molecule has 0 bridgehead atoms. The summed E-state index contributed by atoms with van der Waals surface area (Å²) in [6.45, 7) is 0.600. The number of aromatic nitrogens is 1. The molecule has 3 nitrogen and oxygen atoms in total. The molecular weight excluding hydrogens is 198 g/mol. The van der Waals surface area contributed by atoms with Crippen LogP contribution in [0.4, 0.5) is 0 Å². The standard InChI is InChI=1S/C13H17N3/c1-16(2)12(9-14)11-7-3-5-10-6-4-8-15-13(10)11/h3-8,12H,9,14H2,1-2H3. The van der Waals surface area contributed by atoms with Crippen molar-refractivity contribution in [1.82, 2.24) is 9.88 Å². The first-order chi connectivity index (χ1) is 7.74. The van der Waals surface area contributed by atoms with Crippen LogP contribution in [0.5, 0.6) is 0 Å². The van der Waals surface area contributed by atoms with Gasteiger partial charge < -0.3 is 10.6 Å². The molecule has 1 heterocycles. The number of nitrogens with zero attached hydrogens (tertiary/aromatic N) is 2. The lowest BCUT2D eigenvalue weighted by atomic mass is 10.0. The molecule has 0 saturated heterocycles. The smallest absolute Gasteiger partial charge is 0.0750 e. The van der Waals surface area contributed by atoms with Gasteiger partial charge in [0.2, 0.25) is 0 Å². The maximum absolute atomic E-state index is 5.83. The predicted octanol–water partition coefficient (Wildman–Crippen LogP) is 1.80. The minimum absolute atomic E-state index is 0.221. The summed E-state index contributed by atoms with van der Waals surface area (Å²) in [5, 5.41) is 1.17. The highest BCUT2D eigenvalue weighted by Crippen LogP contribution is 2.24. The molecule has 0 aliphatic rings. The van der Waals surface area contributed by atoms with Gasteiger partial charge in [-0.05, 0) is 25.7 Å². The summed E-state index contributed by atoms with van der Waals surface area (Å²) >= 11 is 0. The van der Waals surface area contributed by atoms with Gasteiger partial charge in [-0.15, -0.1) is 0 Å². The van der Waals surface area contributed by atoms with Crippen LogP contribution in [0.15, 0.2) is 36.5 Å². The molecular formula is C13H17N3. The van der Waals surface area contributed by atoms with Gasteiger partial charge in [-0.3, -0.25) is 4.98 Å². The highest BCUT2D eigenvalue weighted by Gasteiger charge is 2.15. The van der Waals surface area contributed by atoms with Crippen LogP contribution in [-0.4, -0.2) is 30.5 Å². The maximum Gasteiger partial charge on any atom is 0.0750 e. The Hall–Kier alpha value is -1.45. The molecule has 1 aromatic carbocycles. The Bertz CT molecular complexity index is 474. The van der Waals surface area contributed by atoms with Crippen LogP contribution in [0.1, 0.15) is 11.6 Å². The van der Waals surface area contributed by atoms with E-state index >= 15 is 0 Å². The Balaban J connectivity index is 2.59. The molecule has 2 aromatic rings. The summed E-state index contributed by atoms with van der Waals surface area (Å²) in [4.78, 5) is 6.58. The second-order valence-corrected chi connectivity index (χ2v) is 4.14. The molecule has 2 rings (SSSR count). The molecule has 0 radical (unpaired) electrons. The third kappa shape index (κ3) is 1.92. The molecule has 1 aromatic heterocycles. The van der Waals surface area contributed by atoms with Gasteiger partial charge in [0.1, 0.15) is 0 Å². The lowest BCUT2D eigenvalue weighted by molar-refractivity contribution is 0.307. The molecule has 1 unspecified atom stereocenters. The summed E-state index contributed by atoms with van der Waals surface area (Å²) in [5.74, 6) is 0. The number of rotatable bonds is 3. The van der Waals surface area contributed by atoms with Gasteiger partial charge in [0.25, 0.3) is 0 Å². The number of fused-ring (bicyclic) bond motifs is 1. The van der Waals surface area contributed by atoms with Crippen LogP contribution in [0.3, 0.4) is 0 Å². The third-order valence-electron chi connectivity index (χ3n) is 2.87. The summed E-state index contributed by atoms with van der Waals surface area (Å²) in [7, 11) is 4.08. The van der Waals surface area contributed by atoms with Crippen LogP contribution in [0.25, 0.3) is 10.9 Å². The van der Waals surface area contributed by atoms with E-state index in [2.05, 4.69) is 34.1 Å². The molecule has 0 spiro atoms. The van der Waals surface area contributed by atoms with E-state index in [0.717, 1.165) is 5.52 Å². The predicted molar refractivity (Wildman–Crippen MR) is 67.2 cm³/mol. The van der Waals surface area contributed by atoms with Crippen molar-refractivity contribution in [2.45, 2.75) is 6.04 Å². The Labute approximate surface area is 95.9 Å². The summed E-state index contributed by atoms with van der Waals surface area (Å²) in [5.41, 5.74) is 8.08. The van der Waals surface area contributed by atoms with Crippen molar-refractivity contribution in [2.24, 2.45) is 5.73 Å². The van der Waals surface area contributed by atoms with Crippen LogP contribution in [-0.2, 0) is 0 Å². The van der Waals surface area contributed by atoms with Crippen molar-refractivity contribution in [3.63, 3.8) is 0 Å². The SMILES string of the molecule is CN(C)C(CN)c1cccc2cccnc12. The fourth-order valence-electron chi connectivity index (χ4n) is 2.01. The Morgan fingerprint density at radius 1 is 1.25 bits per heavy atom. The lowest BCUT2D eigenvalue weighted by Crippen LogP contribution is -2.27. The number of likely N-dealkylation sites (N-methyl/N-ethyl adjacent to an activating group) is 1. The largest absolute Gasteiger partial charge is 0.329 e. The van der Waals surface area contributed by atoms with Gasteiger partial charge in [0.15, 0.2) is 0 Å². The van der Waals surface area contributed by atoms with Crippen molar-refractivity contribution in [3.8, 4) is 0 Å². The molecule has 1 atom stereocenters. The molecule has 3 heteroatoms. The van der Waals surface area contributed by atoms with Gasteiger partial charge >= 0.3 is 0 Å². The summed E-state index contributed by atoms with van der Waals surface area (Å²) in [6.07, 6.45) is 1.83. The van der Waals surface area contributed by atoms with Crippen LogP contribution in [0, 0.1) is 0 Å². The maximum atomic E-state index is 5.83. The van der Waals surface area contributed by atoms with Gasteiger partial charge in [-0.1, -0.05) is 24.3 Å². The molecule has 0 amide bonds. The fourth-order valence-corrected chi connectivity index (χ4v) is 2.01. The average molecular weight is 215 g/mol. The average Bonchev–Trinajstić information content (AvgIpc) is 2.30. The lowest BCUT2D eigenvalue weighted by Gasteiger charge is -2.23. The Morgan fingerprint density at radius 3 is 2.69 bits per heavy atom. The van der Waals surface area contributed by atoms with Gasteiger partial charge in [0, 0.05) is 24.2 Å². The van der Waals surface area contributed by atoms with Crippen molar-refractivity contribution < 1.29 is 0 Å². The minimum atomic E-state index is 0.221. The number of hydrogen-bond acceptors (Lipinski definition) is 3. The zero-order chi connectivity index (χ0) is 11.5. The van der Waals surface area contributed by atoms with Crippen LogP contribution >= 0.6 is 0 Å². The minimum Gasteiger partial charge on any atom is -0.329 e. The van der Waals surface area contributed by atoms with Gasteiger partial charge in [-0.25, -0.2) is 0 Å². The topological polar surface area (TPSA) is 42.1 Å². The molecule has 0 aliphatic heterocycles. The van der Waals surface area contributed by atoms with E-state index in [-0.39, 0.29) is 6.04 Å². The third-order valence-corrected chi connectivity index (χ3v) is 2.87. The van der Waals surface area contributed by atoms with Crippen LogP contribution in [0.2, 0.25) is 0 Å². The first-order valence-electron chi connectivity index (χ1n) is 5.44. The van der Waals surface area contributed by atoms with E-state index < -0.39 is 0 Å². The first-order valence-corrected chi connectivity index (χ1v) is 5.44. The quantitative estimate of drug-likeness (QED) is 0.849. The number of benzene rings is 1. The Kier molecular flexibility index (Phi) is 3.17. The highest BCUT2D eigenvalue weighted by molar-refractivity contribution is 5.82. The molecule has 0 saturated carbocycles. The zero-order valence-electron chi connectivity index (χ0n) is 9.72. The van der Waals surface area contributed by atoms with Crippen LogP contribution < -0.4 is 5.73 Å². The van der Waals surface area contributed by atoms with E-state index in [1.54, 1.807) is 0 Å². The summed E-state index contributed by atoms with van der Waals surface area (Å²) in [6, 6.07) is 10.5. The van der Waals surface area contributed by atoms with Crippen molar-refractivity contribution in [3.05, 3.63) is 42.1 Å².